The molecule has 0 unspecified atom stereocenters. The standard InChI is InChI=1S/C19H21AsN5O2/c21-17(26)6-8-25-7-5-14-13-22-19(23-18(14)25)20-15-1-3-16(4-2-15)24-9-11-27-12-10-24/h1-5,7,13H,6,8-12H2,(H2,21,26). The van der Waals surface area contributed by atoms with Crippen LogP contribution in [0.25, 0.3) is 11.0 Å². The first-order chi connectivity index (χ1) is 13.2. The SMILES string of the molecule is NC(=O)CCn1ccc2cnc([As]c3ccc(N4CCOCC4)cc3)nc21. The number of amides is 1. The average molecular weight is 426 g/mol. The third kappa shape index (κ3) is 4.31. The molecule has 0 spiro atoms. The van der Waals surface area contributed by atoms with E-state index in [-0.39, 0.29) is 21.7 Å². The molecule has 1 saturated heterocycles. The van der Waals surface area contributed by atoms with Crippen LogP contribution in [0.3, 0.4) is 0 Å². The first kappa shape index (κ1) is 18.0. The van der Waals surface area contributed by atoms with Crippen LogP contribution in [0.5, 0.6) is 0 Å². The molecule has 3 aromatic rings. The summed E-state index contributed by atoms with van der Waals surface area (Å²) in [5.41, 5.74) is 7.36. The van der Waals surface area contributed by atoms with Gasteiger partial charge in [0, 0.05) is 0 Å². The van der Waals surface area contributed by atoms with E-state index in [9.17, 15) is 4.79 Å². The van der Waals surface area contributed by atoms with Crippen molar-refractivity contribution < 1.29 is 9.53 Å². The first-order valence-electron chi connectivity index (χ1n) is 8.94. The maximum atomic E-state index is 11.1. The quantitative estimate of drug-likeness (QED) is 0.552. The summed E-state index contributed by atoms with van der Waals surface area (Å²) in [6, 6.07) is 10.7. The monoisotopic (exact) mass is 426 g/mol. The number of aryl methyl sites for hydroxylation is 1. The summed E-state index contributed by atoms with van der Waals surface area (Å²) >= 11 is -0.297. The van der Waals surface area contributed by atoms with Crippen LogP contribution in [0.1, 0.15) is 6.42 Å². The van der Waals surface area contributed by atoms with Crippen molar-refractivity contribution in [1.29, 1.82) is 0 Å². The molecule has 139 valence electrons. The van der Waals surface area contributed by atoms with Gasteiger partial charge in [0.25, 0.3) is 0 Å². The van der Waals surface area contributed by atoms with E-state index in [1.807, 2.05) is 23.0 Å². The molecule has 1 aliphatic heterocycles. The Hall–Kier alpha value is -2.37. The number of carbonyl (C=O) groups is 1. The summed E-state index contributed by atoms with van der Waals surface area (Å²) in [5, 5.41) is 0.979. The molecule has 1 amide bonds. The van der Waals surface area contributed by atoms with Crippen LogP contribution >= 0.6 is 0 Å². The topological polar surface area (TPSA) is 86.3 Å². The molecule has 1 aliphatic rings. The molecule has 0 bridgehead atoms. The van der Waals surface area contributed by atoms with Crippen molar-refractivity contribution in [3.63, 3.8) is 0 Å². The van der Waals surface area contributed by atoms with Crippen LogP contribution in [-0.2, 0) is 16.1 Å². The summed E-state index contributed by atoms with van der Waals surface area (Å²) in [7, 11) is 0. The molecule has 8 heteroatoms. The van der Waals surface area contributed by atoms with Gasteiger partial charge in [0.05, 0.1) is 0 Å². The number of anilines is 1. The number of benzene rings is 1. The van der Waals surface area contributed by atoms with Crippen LogP contribution in [0.15, 0.2) is 42.7 Å². The summed E-state index contributed by atoms with van der Waals surface area (Å²) in [5.74, 6) is -0.308. The van der Waals surface area contributed by atoms with Crippen molar-refractivity contribution in [3.8, 4) is 0 Å². The van der Waals surface area contributed by atoms with Crippen LogP contribution in [-0.4, -0.2) is 62.5 Å². The van der Waals surface area contributed by atoms with E-state index in [0.717, 1.165) is 41.9 Å². The van der Waals surface area contributed by atoms with E-state index in [0.29, 0.717) is 13.0 Å². The van der Waals surface area contributed by atoms with Crippen molar-refractivity contribution in [2.45, 2.75) is 13.0 Å². The maximum absolute atomic E-state index is 11.1. The Morgan fingerprint density at radius 2 is 1.96 bits per heavy atom. The minimum atomic E-state index is -0.308. The van der Waals surface area contributed by atoms with Crippen molar-refractivity contribution in [2.24, 2.45) is 5.73 Å². The fourth-order valence-corrected chi connectivity index (χ4v) is 4.76. The number of rotatable bonds is 6. The normalized spacial score (nSPS) is 15.0. The van der Waals surface area contributed by atoms with Gasteiger partial charge >= 0.3 is 164 Å². The molecule has 27 heavy (non-hydrogen) atoms. The molecule has 0 aliphatic carbocycles. The van der Waals surface area contributed by atoms with Gasteiger partial charge in [0.2, 0.25) is 0 Å². The van der Waals surface area contributed by atoms with E-state index < -0.39 is 0 Å². The third-order valence-corrected chi connectivity index (χ3v) is 6.58. The minimum absolute atomic E-state index is 0.297. The molecule has 7 nitrogen and oxygen atoms in total. The molecule has 0 saturated carbocycles. The summed E-state index contributed by atoms with van der Waals surface area (Å²) in [6.45, 7) is 4.00. The molecule has 1 fully saturated rings. The van der Waals surface area contributed by atoms with Gasteiger partial charge in [-0.1, -0.05) is 0 Å². The summed E-state index contributed by atoms with van der Waals surface area (Å²) < 4.78 is 9.50. The molecule has 2 aromatic heterocycles. The zero-order valence-electron chi connectivity index (χ0n) is 14.9. The average Bonchev–Trinajstić information content (AvgIpc) is 3.10. The Morgan fingerprint density at radius 3 is 2.70 bits per heavy atom. The Bertz CT molecular complexity index is 935. The second-order valence-corrected chi connectivity index (χ2v) is 8.79. The van der Waals surface area contributed by atoms with E-state index in [2.05, 4.69) is 34.1 Å². The molecule has 1 radical (unpaired) electrons. The van der Waals surface area contributed by atoms with E-state index >= 15 is 0 Å². The molecule has 0 atom stereocenters. The molecule has 3 heterocycles. The number of fused-ring (bicyclic) bond motifs is 1. The van der Waals surface area contributed by atoms with E-state index in [1.165, 1.54) is 10.0 Å². The zero-order chi connectivity index (χ0) is 18.6. The van der Waals surface area contributed by atoms with Gasteiger partial charge in [-0.05, 0) is 0 Å². The van der Waals surface area contributed by atoms with Crippen molar-refractivity contribution >= 4 is 47.3 Å². The predicted octanol–water partition coefficient (Wildman–Crippen LogP) is -0.202. The van der Waals surface area contributed by atoms with Gasteiger partial charge in [-0.25, -0.2) is 0 Å². The first-order valence-corrected chi connectivity index (χ1v) is 10.8. The van der Waals surface area contributed by atoms with Crippen molar-refractivity contribution in [2.75, 3.05) is 31.2 Å². The second kappa shape index (κ2) is 8.11. The molecular weight excluding hydrogens is 405 g/mol. The van der Waals surface area contributed by atoms with E-state index in [1.54, 1.807) is 0 Å². The molecule has 1 aromatic carbocycles. The third-order valence-electron chi connectivity index (χ3n) is 4.54. The van der Waals surface area contributed by atoms with Gasteiger partial charge in [-0.2, -0.15) is 0 Å². The molecule has 2 N–H and O–H groups in total. The van der Waals surface area contributed by atoms with Crippen LogP contribution in [0, 0.1) is 0 Å². The van der Waals surface area contributed by atoms with Gasteiger partial charge in [-0.3, -0.25) is 0 Å². The fourth-order valence-electron chi connectivity index (χ4n) is 3.10. The predicted molar refractivity (Wildman–Crippen MR) is 106 cm³/mol. The van der Waals surface area contributed by atoms with Gasteiger partial charge in [0.15, 0.2) is 0 Å². The number of hydrogen-bond acceptors (Lipinski definition) is 5. The Labute approximate surface area is 164 Å². The van der Waals surface area contributed by atoms with Gasteiger partial charge in [-0.15, -0.1) is 0 Å². The number of nitrogens with zero attached hydrogens (tertiary/aromatic N) is 4. The van der Waals surface area contributed by atoms with Crippen LogP contribution in [0.4, 0.5) is 5.69 Å². The fraction of sp³-hybridized carbons (Fsp3) is 0.316. The Kier molecular flexibility index (Phi) is 5.41. The van der Waals surface area contributed by atoms with Gasteiger partial charge < -0.3 is 0 Å². The van der Waals surface area contributed by atoms with Crippen LogP contribution in [0.2, 0.25) is 0 Å². The summed E-state index contributed by atoms with van der Waals surface area (Å²) in [6.07, 6.45) is 4.09. The molecule has 4 rings (SSSR count). The molecular formula is C19H21AsN5O2. The number of aromatic nitrogens is 3. The summed E-state index contributed by atoms with van der Waals surface area (Å²) in [4.78, 5) is 22.7. The Balaban J connectivity index is 1.49. The van der Waals surface area contributed by atoms with Crippen molar-refractivity contribution in [1.82, 2.24) is 14.5 Å². The number of ether oxygens (including phenoxy) is 1. The second-order valence-electron chi connectivity index (χ2n) is 6.40. The number of morpholine rings is 1. The number of hydrogen-bond donors (Lipinski definition) is 1. The zero-order valence-corrected chi connectivity index (χ0v) is 16.8. The van der Waals surface area contributed by atoms with Crippen LogP contribution < -0.4 is 19.6 Å². The van der Waals surface area contributed by atoms with E-state index in [4.69, 9.17) is 15.5 Å². The van der Waals surface area contributed by atoms with Gasteiger partial charge in [0.1, 0.15) is 0 Å². The Morgan fingerprint density at radius 1 is 1.19 bits per heavy atom. The number of carbonyl (C=O) groups excluding carboxylic acids is 1. The van der Waals surface area contributed by atoms with Crippen molar-refractivity contribution in [3.05, 3.63) is 42.7 Å². The number of nitrogens with two attached hydrogens (primary N) is 1. The number of primary amides is 1.